The SMILES string of the molecule is CCC[C@H]1CCC[C@@H]([C@@H](O)c2cccc(F)c2)N1. The van der Waals surface area contributed by atoms with Crippen LogP contribution in [0.2, 0.25) is 0 Å². The Hall–Kier alpha value is -0.930. The number of aliphatic hydroxyl groups is 1. The number of halogens is 1. The molecule has 18 heavy (non-hydrogen) atoms. The maximum Gasteiger partial charge on any atom is 0.123 e. The molecule has 0 amide bonds. The van der Waals surface area contributed by atoms with Gasteiger partial charge in [0.1, 0.15) is 5.82 Å². The van der Waals surface area contributed by atoms with Gasteiger partial charge in [-0.15, -0.1) is 0 Å². The van der Waals surface area contributed by atoms with Crippen LogP contribution in [0, 0.1) is 5.82 Å². The molecule has 0 bridgehead atoms. The highest BCUT2D eigenvalue weighted by Crippen LogP contribution is 2.26. The van der Waals surface area contributed by atoms with Crippen molar-refractivity contribution in [2.24, 2.45) is 0 Å². The fraction of sp³-hybridized carbons (Fsp3) is 0.600. The Kier molecular flexibility index (Phi) is 4.72. The summed E-state index contributed by atoms with van der Waals surface area (Å²) in [4.78, 5) is 0. The van der Waals surface area contributed by atoms with Crippen LogP contribution in [0.1, 0.15) is 50.7 Å². The normalized spacial score (nSPS) is 25.9. The van der Waals surface area contributed by atoms with Gasteiger partial charge in [0.25, 0.3) is 0 Å². The van der Waals surface area contributed by atoms with Gasteiger partial charge in [-0.05, 0) is 37.0 Å². The zero-order chi connectivity index (χ0) is 13.0. The van der Waals surface area contributed by atoms with E-state index in [4.69, 9.17) is 0 Å². The third kappa shape index (κ3) is 3.30. The summed E-state index contributed by atoms with van der Waals surface area (Å²) in [5, 5.41) is 13.8. The molecule has 1 aliphatic heterocycles. The number of piperidine rings is 1. The van der Waals surface area contributed by atoms with Crippen molar-refractivity contribution in [3.8, 4) is 0 Å². The average Bonchev–Trinajstić information content (AvgIpc) is 2.39. The van der Waals surface area contributed by atoms with Gasteiger partial charge in [-0.3, -0.25) is 0 Å². The topological polar surface area (TPSA) is 32.3 Å². The van der Waals surface area contributed by atoms with E-state index in [1.165, 1.54) is 18.6 Å². The largest absolute Gasteiger partial charge is 0.387 e. The van der Waals surface area contributed by atoms with Gasteiger partial charge in [0.15, 0.2) is 0 Å². The van der Waals surface area contributed by atoms with Gasteiger partial charge in [0.05, 0.1) is 6.10 Å². The summed E-state index contributed by atoms with van der Waals surface area (Å²) in [6.45, 7) is 2.17. The number of rotatable bonds is 4. The smallest absolute Gasteiger partial charge is 0.123 e. The van der Waals surface area contributed by atoms with Gasteiger partial charge in [0.2, 0.25) is 0 Å². The molecule has 1 aliphatic rings. The van der Waals surface area contributed by atoms with Crippen molar-refractivity contribution in [3.05, 3.63) is 35.6 Å². The quantitative estimate of drug-likeness (QED) is 0.861. The number of nitrogens with one attached hydrogen (secondary N) is 1. The van der Waals surface area contributed by atoms with E-state index < -0.39 is 6.10 Å². The Balaban J connectivity index is 2.02. The summed E-state index contributed by atoms with van der Waals surface area (Å²) >= 11 is 0. The van der Waals surface area contributed by atoms with Gasteiger partial charge < -0.3 is 10.4 Å². The van der Waals surface area contributed by atoms with E-state index in [1.54, 1.807) is 12.1 Å². The predicted octanol–water partition coefficient (Wildman–Crippen LogP) is 3.17. The molecule has 1 heterocycles. The monoisotopic (exact) mass is 251 g/mol. The van der Waals surface area contributed by atoms with E-state index in [1.807, 2.05) is 0 Å². The second kappa shape index (κ2) is 6.30. The Morgan fingerprint density at radius 3 is 3.00 bits per heavy atom. The molecule has 1 aromatic carbocycles. The highest BCUT2D eigenvalue weighted by molar-refractivity contribution is 5.20. The van der Waals surface area contributed by atoms with Crippen LogP contribution in [0.5, 0.6) is 0 Å². The maximum absolute atomic E-state index is 13.2. The number of aliphatic hydroxyl groups excluding tert-OH is 1. The van der Waals surface area contributed by atoms with Crippen LogP contribution in [-0.2, 0) is 0 Å². The second-order valence-corrected chi connectivity index (χ2v) is 5.19. The van der Waals surface area contributed by atoms with Crippen molar-refractivity contribution in [1.82, 2.24) is 5.32 Å². The summed E-state index contributed by atoms with van der Waals surface area (Å²) in [7, 11) is 0. The highest BCUT2D eigenvalue weighted by atomic mass is 19.1. The van der Waals surface area contributed by atoms with Crippen molar-refractivity contribution in [2.75, 3.05) is 0 Å². The summed E-state index contributed by atoms with van der Waals surface area (Å²) in [5.74, 6) is -0.285. The zero-order valence-corrected chi connectivity index (χ0v) is 10.9. The van der Waals surface area contributed by atoms with Gasteiger partial charge in [-0.1, -0.05) is 31.9 Å². The van der Waals surface area contributed by atoms with Crippen molar-refractivity contribution in [3.63, 3.8) is 0 Å². The molecule has 1 saturated heterocycles. The third-order valence-corrected chi connectivity index (χ3v) is 3.73. The van der Waals surface area contributed by atoms with Crippen LogP contribution in [0.4, 0.5) is 4.39 Å². The van der Waals surface area contributed by atoms with Crippen LogP contribution in [0.25, 0.3) is 0 Å². The lowest BCUT2D eigenvalue weighted by atomic mass is 9.90. The molecule has 2 rings (SSSR count). The Morgan fingerprint density at radius 2 is 2.28 bits per heavy atom. The van der Waals surface area contributed by atoms with Crippen molar-refractivity contribution in [2.45, 2.75) is 57.2 Å². The number of hydrogen-bond donors (Lipinski definition) is 2. The number of hydrogen-bond acceptors (Lipinski definition) is 2. The molecule has 2 N–H and O–H groups in total. The molecular weight excluding hydrogens is 229 g/mol. The molecule has 1 aromatic rings. The van der Waals surface area contributed by atoms with Gasteiger partial charge >= 0.3 is 0 Å². The van der Waals surface area contributed by atoms with E-state index in [0.29, 0.717) is 11.6 Å². The van der Waals surface area contributed by atoms with Crippen molar-refractivity contribution < 1.29 is 9.50 Å². The lowest BCUT2D eigenvalue weighted by Crippen LogP contribution is -2.45. The zero-order valence-electron chi connectivity index (χ0n) is 10.9. The van der Waals surface area contributed by atoms with Crippen molar-refractivity contribution in [1.29, 1.82) is 0 Å². The summed E-state index contributed by atoms with van der Waals surface area (Å²) < 4.78 is 13.2. The minimum atomic E-state index is -0.611. The molecule has 0 saturated carbocycles. The van der Waals surface area contributed by atoms with E-state index in [-0.39, 0.29) is 11.9 Å². The maximum atomic E-state index is 13.2. The fourth-order valence-electron chi connectivity index (χ4n) is 2.80. The van der Waals surface area contributed by atoms with E-state index in [9.17, 15) is 9.50 Å². The Bertz CT molecular complexity index is 381. The predicted molar refractivity (Wildman–Crippen MR) is 70.8 cm³/mol. The molecule has 3 heteroatoms. The van der Waals surface area contributed by atoms with Crippen LogP contribution >= 0.6 is 0 Å². The minimum Gasteiger partial charge on any atom is -0.387 e. The first kappa shape index (κ1) is 13.5. The first-order valence-corrected chi connectivity index (χ1v) is 6.90. The molecule has 100 valence electrons. The van der Waals surface area contributed by atoms with Crippen LogP contribution < -0.4 is 5.32 Å². The molecule has 2 nitrogen and oxygen atoms in total. The number of benzene rings is 1. The summed E-state index contributed by atoms with van der Waals surface area (Å²) in [6.07, 6.45) is 4.96. The van der Waals surface area contributed by atoms with E-state index in [0.717, 1.165) is 25.7 Å². The lowest BCUT2D eigenvalue weighted by Gasteiger charge is -2.34. The lowest BCUT2D eigenvalue weighted by molar-refractivity contribution is 0.0995. The van der Waals surface area contributed by atoms with Gasteiger partial charge in [0, 0.05) is 12.1 Å². The molecule has 0 spiro atoms. The molecule has 1 fully saturated rings. The third-order valence-electron chi connectivity index (χ3n) is 3.73. The molecule has 0 unspecified atom stereocenters. The first-order valence-electron chi connectivity index (χ1n) is 6.90. The molecular formula is C15H22FNO. The fourth-order valence-corrected chi connectivity index (χ4v) is 2.80. The van der Waals surface area contributed by atoms with E-state index in [2.05, 4.69) is 12.2 Å². The molecule has 0 radical (unpaired) electrons. The molecule has 0 aromatic heterocycles. The van der Waals surface area contributed by atoms with Gasteiger partial charge in [-0.25, -0.2) is 4.39 Å². The molecule has 0 aliphatic carbocycles. The Morgan fingerprint density at radius 1 is 1.44 bits per heavy atom. The Labute approximate surface area is 108 Å². The minimum absolute atomic E-state index is 0.0529. The standard InChI is InChI=1S/C15H22FNO/c1-2-5-13-8-4-9-14(17-13)15(18)11-6-3-7-12(16)10-11/h3,6-7,10,13-15,17-18H,2,4-5,8-9H2,1H3/t13-,14-,15-/m0/s1. The van der Waals surface area contributed by atoms with Crippen molar-refractivity contribution >= 4 is 0 Å². The first-order chi connectivity index (χ1) is 8.70. The summed E-state index contributed by atoms with van der Waals surface area (Å²) in [6, 6.07) is 6.83. The molecule has 3 atom stereocenters. The van der Waals surface area contributed by atoms with E-state index >= 15 is 0 Å². The average molecular weight is 251 g/mol. The highest BCUT2D eigenvalue weighted by Gasteiger charge is 2.27. The van der Waals surface area contributed by atoms with Crippen LogP contribution in [-0.4, -0.2) is 17.2 Å². The second-order valence-electron chi connectivity index (χ2n) is 5.19. The summed E-state index contributed by atoms with van der Waals surface area (Å²) in [5.41, 5.74) is 0.671. The van der Waals surface area contributed by atoms with Crippen LogP contribution in [0.15, 0.2) is 24.3 Å². The van der Waals surface area contributed by atoms with Crippen LogP contribution in [0.3, 0.4) is 0 Å². The van der Waals surface area contributed by atoms with Gasteiger partial charge in [-0.2, -0.15) is 0 Å².